The molecule has 0 amide bonds. The van der Waals surface area contributed by atoms with Gasteiger partial charge < -0.3 is 14.5 Å². The molecule has 0 spiro atoms. The van der Waals surface area contributed by atoms with Crippen LogP contribution in [0.5, 0.6) is 5.75 Å². The van der Waals surface area contributed by atoms with Gasteiger partial charge in [0, 0.05) is 48.6 Å². The predicted molar refractivity (Wildman–Crippen MR) is 88.9 cm³/mol. The van der Waals surface area contributed by atoms with E-state index in [4.69, 9.17) is 16.3 Å². The molecule has 2 aromatic carbocycles. The molecule has 1 aliphatic rings. The maximum atomic E-state index is 6.07. The zero-order chi connectivity index (χ0) is 14.7. The largest absolute Gasteiger partial charge is 0.497 e. The van der Waals surface area contributed by atoms with Gasteiger partial charge in [-0.15, -0.1) is 0 Å². The summed E-state index contributed by atoms with van der Waals surface area (Å²) < 4.78 is 5.30. The number of methoxy groups -OCH3 is 1. The highest BCUT2D eigenvalue weighted by molar-refractivity contribution is 6.30. The van der Waals surface area contributed by atoms with Crippen LogP contribution in [-0.2, 0) is 0 Å². The third-order valence-corrected chi connectivity index (χ3v) is 4.11. The van der Waals surface area contributed by atoms with Gasteiger partial charge in [0.2, 0.25) is 0 Å². The highest BCUT2D eigenvalue weighted by Gasteiger charge is 2.17. The molecule has 0 aliphatic carbocycles. The Balaban J connectivity index is 1.67. The molecule has 1 fully saturated rings. The van der Waals surface area contributed by atoms with Crippen molar-refractivity contribution in [2.45, 2.75) is 0 Å². The van der Waals surface area contributed by atoms with Crippen LogP contribution >= 0.6 is 11.6 Å². The van der Waals surface area contributed by atoms with Crippen molar-refractivity contribution in [3.63, 3.8) is 0 Å². The molecule has 21 heavy (non-hydrogen) atoms. The maximum absolute atomic E-state index is 6.07. The highest BCUT2D eigenvalue weighted by atomic mass is 35.5. The molecular weight excluding hydrogens is 284 g/mol. The summed E-state index contributed by atoms with van der Waals surface area (Å²) in [5, 5.41) is 0.794. The monoisotopic (exact) mass is 302 g/mol. The first-order chi connectivity index (χ1) is 10.3. The van der Waals surface area contributed by atoms with E-state index in [9.17, 15) is 0 Å². The second-order valence-electron chi connectivity index (χ2n) is 5.16. The van der Waals surface area contributed by atoms with Crippen molar-refractivity contribution >= 4 is 23.0 Å². The number of benzene rings is 2. The Labute approximate surface area is 130 Å². The van der Waals surface area contributed by atoms with Crippen molar-refractivity contribution in [1.82, 2.24) is 0 Å². The van der Waals surface area contributed by atoms with Crippen molar-refractivity contribution in [3.05, 3.63) is 53.6 Å². The minimum atomic E-state index is 0.794. The van der Waals surface area contributed by atoms with E-state index in [1.54, 1.807) is 7.11 Å². The Bertz CT molecular complexity index is 609. The first kappa shape index (κ1) is 14.1. The van der Waals surface area contributed by atoms with E-state index in [0.717, 1.165) is 37.0 Å². The Morgan fingerprint density at radius 3 is 2.00 bits per heavy atom. The predicted octanol–water partition coefficient (Wildman–Crippen LogP) is 3.68. The second-order valence-corrected chi connectivity index (χ2v) is 5.59. The maximum Gasteiger partial charge on any atom is 0.120 e. The summed E-state index contributed by atoms with van der Waals surface area (Å²) in [6.45, 7) is 3.99. The highest BCUT2D eigenvalue weighted by Crippen LogP contribution is 2.25. The Morgan fingerprint density at radius 2 is 1.43 bits per heavy atom. The Hall–Kier alpha value is -1.87. The van der Waals surface area contributed by atoms with Crippen LogP contribution in [0.15, 0.2) is 48.5 Å². The molecule has 110 valence electrons. The van der Waals surface area contributed by atoms with Gasteiger partial charge in [-0.2, -0.15) is 0 Å². The molecule has 3 nitrogen and oxygen atoms in total. The molecule has 2 aromatic rings. The first-order valence-corrected chi connectivity index (χ1v) is 7.53. The molecular formula is C17H19ClN2O. The quantitative estimate of drug-likeness (QED) is 0.860. The Morgan fingerprint density at radius 1 is 0.857 bits per heavy atom. The van der Waals surface area contributed by atoms with E-state index < -0.39 is 0 Å². The first-order valence-electron chi connectivity index (χ1n) is 7.16. The summed E-state index contributed by atoms with van der Waals surface area (Å²) in [7, 11) is 1.70. The van der Waals surface area contributed by atoms with E-state index in [0.29, 0.717) is 0 Å². The molecule has 0 radical (unpaired) electrons. The van der Waals surface area contributed by atoms with Gasteiger partial charge in [0.25, 0.3) is 0 Å². The van der Waals surface area contributed by atoms with Crippen LogP contribution < -0.4 is 14.5 Å². The van der Waals surface area contributed by atoms with Crippen LogP contribution in [-0.4, -0.2) is 33.3 Å². The van der Waals surface area contributed by atoms with Crippen molar-refractivity contribution in [1.29, 1.82) is 0 Å². The normalized spacial score (nSPS) is 15.1. The van der Waals surface area contributed by atoms with Gasteiger partial charge in [0.1, 0.15) is 5.75 Å². The molecule has 0 unspecified atom stereocenters. The van der Waals surface area contributed by atoms with E-state index in [2.05, 4.69) is 28.0 Å². The lowest BCUT2D eigenvalue weighted by Gasteiger charge is -2.37. The lowest BCUT2D eigenvalue weighted by Crippen LogP contribution is -2.46. The van der Waals surface area contributed by atoms with Gasteiger partial charge in [-0.25, -0.2) is 0 Å². The molecule has 0 atom stereocenters. The topological polar surface area (TPSA) is 15.7 Å². The van der Waals surface area contributed by atoms with E-state index >= 15 is 0 Å². The van der Waals surface area contributed by atoms with Gasteiger partial charge in [0.15, 0.2) is 0 Å². The minimum Gasteiger partial charge on any atom is -0.497 e. The molecule has 1 aliphatic heterocycles. The van der Waals surface area contributed by atoms with Crippen LogP contribution in [0.2, 0.25) is 5.02 Å². The van der Waals surface area contributed by atoms with E-state index in [1.165, 1.54) is 11.4 Å². The average Bonchev–Trinajstić information content (AvgIpc) is 2.55. The third-order valence-electron chi connectivity index (χ3n) is 3.87. The summed E-state index contributed by atoms with van der Waals surface area (Å²) in [5.41, 5.74) is 2.42. The number of nitrogens with zero attached hydrogens (tertiary/aromatic N) is 2. The fourth-order valence-electron chi connectivity index (χ4n) is 2.70. The van der Waals surface area contributed by atoms with Gasteiger partial charge in [-0.3, -0.25) is 0 Å². The molecule has 3 rings (SSSR count). The van der Waals surface area contributed by atoms with Gasteiger partial charge in [-0.05, 0) is 30.3 Å². The SMILES string of the molecule is COc1cccc(N2CCN(c3cccc(Cl)c3)CC2)c1. The van der Waals surface area contributed by atoms with Crippen molar-refractivity contribution in [3.8, 4) is 5.75 Å². The molecule has 0 aromatic heterocycles. The zero-order valence-corrected chi connectivity index (χ0v) is 12.9. The number of piperazine rings is 1. The molecule has 1 heterocycles. The van der Waals surface area contributed by atoms with E-state index in [1.807, 2.05) is 30.3 Å². The average molecular weight is 303 g/mol. The summed E-state index contributed by atoms with van der Waals surface area (Å²) >= 11 is 6.07. The van der Waals surface area contributed by atoms with Crippen molar-refractivity contribution < 1.29 is 4.74 Å². The van der Waals surface area contributed by atoms with Crippen LogP contribution in [0.25, 0.3) is 0 Å². The van der Waals surface area contributed by atoms with Crippen LogP contribution in [0.4, 0.5) is 11.4 Å². The fraction of sp³-hybridized carbons (Fsp3) is 0.294. The van der Waals surface area contributed by atoms with E-state index in [-0.39, 0.29) is 0 Å². The molecule has 0 saturated carbocycles. The summed E-state index contributed by atoms with van der Waals surface area (Å²) in [6.07, 6.45) is 0. The standard InChI is InChI=1S/C17H19ClN2O/c1-21-17-7-3-6-16(13-17)20-10-8-19(9-11-20)15-5-2-4-14(18)12-15/h2-7,12-13H,8-11H2,1H3. The summed E-state index contributed by atoms with van der Waals surface area (Å²) in [4.78, 5) is 4.77. The smallest absolute Gasteiger partial charge is 0.120 e. The van der Waals surface area contributed by atoms with Crippen LogP contribution in [0.1, 0.15) is 0 Å². The lowest BCUT2D eigenvalue weighted by atomic mass is 10.2. The van der Waals surface area contributed by atoms with Gasteiger partial charge in [-0.1, -0.05) is 23.7 Å². The van der Waals surface area contributed by atoms with Crippen LogP contribution in [0.3, 0.4) is 0 Å². The number of anilines is 2. The van der Waals surface area contributed by atoms with Crippen molar-refractivity contribution in [2.75, 3.05) is 43.1 Å². The fourth-order valence-corrected chi connectivity index (χ4v) is 2.89. The lowest BCUT2D eigenvalue weighted by molar-refractivity contribution is 0.414. The van der Waals surface area contributed by atoms with Crippen molar-refractivity contribution in [2.24, 2.45) is 0 Å². The summed E-state index contributed by atoms with van der Waals surface area (Å²) in [5.74, 6) is 0.907. The van der Waals surface area contributed by atoms with Crippen LogP contribution in [0, 0.1) is 0 Å². The molecule has 1 saturated heterocycles. The Kier molecular flexibility index (Phi) is 4.20. The minimum absolute atomic E-state index is 0.794. The van der Waals surface area contributed by atoms with Gasteiger partial charge >= 0.3 is 0 Å². The number of halogens is 1. The zero-order valence-electron chi connectivity index (χ0n) is 12.1. The molecule has 0 N–H and O–H groups in total. The molecule has 4 heteroatoms. The van der Waals surface area contributed by atoms with Gasteiger partial charge in [0.05, 0.1) is 7.11 Å². The number of hydrogen-bond acceptors (Lipinski definition) is 3. The number of ether oxygens (including phenoxy) is 1. The number of hydrogen-bond donors (Lipinski definition) is 0. The second kappa shape index (κ2) is 6.27. The summed E-state index contributed by atoms with van der Waals surface area (Å²) in [6, 6.07) is 16.3. The third kappa shape index (κ3) is 3.24. The molecule has 0 bridgehead atoms. The number of rotatable bonds is 3.